The summed E-state index contributed by atoms with van der Waals surface area (Å²) < 4.78 is 11.2. The molecule has 3 heterocycles. The quantitative estimate of drug-likeness (QED) is 0.738. The van der Waals surface area contributed by atoms with Crippen LogP contribution in [0.15, 0.2) is 53.2 Å². The van der Waals surface area contributed by atoms with Crippen molar-refractivity contribution in [2.24, 2.45) is 0 Å². The molecule has 1 fully saturated rings. The maximum absolute atomic E-state index is 5.92. The van der Waals surface area contributed by atoms with Gasteiger partial charge >= 0.3 is 0 Å². The highest BCUT2D eigenvalue weighted by Crippen LogP contribution is 2.27. The second-order valence-corrected chi connectivity index (χ2v) is 5.77. The maximum atomic E-state index is 5.92. The number of pyridine rings is 1. The first-order valence-corrected chi connectivity index (χ1v) is 7.98. The first kappa shape index (κ1) is 14.8. The van der Waals surface area contributed by atoms with Crippen molar-refractivity contribution < 1.29 is 9.26 Å². The lowest BCUT2D eigenvalue weighted by Crippen LogP contribution is -2.38. The molecule has 0 aliphatic carbocycles. The number of morpholine rings is 1. The predicted molar refractivity (Wildman–Crippen MR) is 89.6 cm³/mol. The smallest absolute Gasteiger partial charge is 0.258 e. The summed E-state index contributed by atoms with van der Waals surface area (Å²) in [6.45, 7) is 4.05. The molecule has 0 bridgehead atoms. The third-order valence-corrected chi connectivity index (χ3v) is 4.08. The molecule has 0 spiro atoms. The van der Waals surface area contributed by atoms with E-state index in [-0.39, 0.29) is 6.10 Å². The fourth-order valence-electron chi connectivity index (χ4n) is 2.87. The number of anilines is 1. The van der Waals surface area contributed by atoms with Crippen LogP contribution in [0.25, 0.3) is 11.5 Å². The Morgan fingerprint density at radius 3 is 2.83 bits per heavy atom. The van der Waals surface area contributed by atoms with Crippen molar-refractivity contribution in [3.8, 4) is 11.5 Å². The van der Waals surface area contributed by atoms with Crippen LogP contribution in [0, 0.1) is 6.92 Å². The molecule has 0 amide bonds. The molecule has 1 unspecified atom stereocenters. The van der Waals surface area contributed by atoms with Crippen molar-refractivity contribution in [3.05, 3.63) is 60.0 Å². The summed E-state index contributed by atoms with van der Waals surface area (Å²) in [5, 5.41) is 3.85. The van der Waals surface area contributed by atoms with E-state index in [4.69, 9.17) is 9.26 Å². The lowest BCUT2D eigenvalue weighted by Gasteiger charge is -2.34. The zero-order valence-corrected chi connectivity index (χ0v) is 13.4. The Morgan fingerprint density at radius 2 is 2.04 bits per heavy atom. The van der Waals surface area contributed by atoms with Crippen LogP contribution in [-0.4, -0.2) is 34.8 Å². The molecule has 0 N–H and O–H groups in total. The largest absolute Gasteiger partial charge is 0.370 e. The minimum Gasteiger partial charge on any atom is -0.370 e. The Hall–Kier alpha value is -2.73. The zero-order valence-electron chi connectivity index (χ0n) is 13.4. The van der Waals surface area contributed by atoms with Crippen molar-refractivity contribution in [3.63, 3.8) is 0 Å². The SMILES string of the molecule is Cc1noc(-c2ccnc(N3CCOC(c4ccccc4)C3)c2)n1. The third kappa shape index (κ3) is 3.00. The number of nitrogens with zero attached hydrogens (tertiary/aromatic N) is 4. The predicted octanol–water partition coefficient (Wildman–Crippen LogP) is 3.02. The zero-order chi connectivity index (χ0) is 16.4. The number of aromatic nitrogens is 3. The summed E-state index contributed by atoms with van der Waals surface area (Å²) in [7, 11) is 0. The summed E-state index contributed by atoms with van der Waals surface area (Å²) in [5.74, 6) is 2.04. The average Bonchev–Trinajstić information content (AvgIpc) is 3.09. The lowest BCUT2D eigenvalue weighted by atomic mass is 10.1. The molecule has 1 aliphatic rings. The Bertz CT molecular complexity index is 819. The van der Waals surface area contributed by atoms with E-state index in [1.54, 1.807) is 6.20 Å². The van der Waals surface area contributed by atoms with Gasteiger partial charge in [-0.25, -0.2) is 4.98 Å². The van der Waals surface area contributed by atoms with E-state index in [0.717, 1.165) is 24.5 Å². The molecule has 122 valence electrons. The van der Waals surface area contributed by atoms with Crippen LogP contribution >= 0.6 is 0 Å². The van der Waals surface area contributed by atoms with E-state index >= 15 is 0 Å². The Balaban J connectivity index is 1.57. The van der Waals surface area contributed by atoms with Gasteiger partial charge < -0.3 is 14.2 Å². The van der Waals surface area contributed by atoms with E-state index in [1.807, 2.05) is 37.3 Å². The monoisotopic (exact) mass is 322 g/mol. The van der Waals surface area contributed by atoms with Crippen LogP contribution in [-0.2, 0) is 4.74 Å². The second kappa shape index (κ2) is 6.41. The second-order valence-electron chi connectivity index (χ2n) is 5.77. The summed E-state index contributed by atoms with van der Waals surface area (Å²) in [4.78, 5) is 11.0. The molecule has 1 atom stereocenters. The Kier molecular flexibility index (Phi) is 3.96. The minimum atomic E-state index is 0.0519. The molecule has 0 radical (unpaired) electrons. The molecule has 0 saturated carbocycles. The van der Waals surface area contributed by atoms with Crippen molar-refractivity contribution >= 4 is 5.82 Å². The van der Waals surface area contributed by atoms with E-state index in [1.165, 1.54) is 5.56 Å². The molecule has 3 aromatic rings. The van der Waals surface area contributed by atoms with E-state index in [2.05, 4.69) is 32.2 Å². The normalized spacial score (nSPS) is 17.9. The van der Waals surface area contributed by atoms with Crippen LogP contribution in [0.4, 0.5) is 5.82 Å². The number of hydrogen-bond acceptors (Lipinski definition) is 6. The van der Waals surface area contributed by atoms with E-state index < -0.39 is 0 Å². The van der Waals surface area contributed by atoms with Crippen LogP contribution in [0.1, 0.15) is 17.5 Å². The van der Waals surface area contributed by atoms with Crippen molar-refractivity contribution in [2.75, 3.05) is 24.6 Å². The standard InChI is InChI=1S/C18H18N4O2/c1-13-20-18(24-21-13)15-7-8-19-17(11-15)22-9-10-23-16(12-22)14-5-3-2-4-6-14/h2-8,11,16H,9-10,12H2,1H3. The fraction of sp³-hybridized carbons (Fsp3) is 0.278. The Labute approximate surface area is 140 Å². The summed E-state index contributed by atoms with van der Waals surface area (Å²) in [6.07, 6.45) is 1.83. The van der Waals surface area contributed by atoms with Gasteiger partial charge in [-0.2, -0.15) is 4.98 Å². The van der Waals surface area contributed by atoms with Crippen LogP contribution in [0.5, 0.6) is 0 Å². The maximum Gasteiger partial charge on any atom is 0.258 e. The fourth-order valence-corrected chi connectivity index (χ4v) is 2.87. The van der Waals surface area contributed by atoms with Gasteiger partial charge in [0.05, 0.1) is 6.61 Å². The van der Waals surface area contributed by atoms with E-state index in [9.17, 15) is 0 Å². The van der Waals surface area contributed by atoms with Gasteiger partial charge in [0.25, 0.3) is 5.89 Å². The van der Waals surface area contributed by atoms with Gasteiger partial charge in [-0.1, -0.05) is 35.5 Å². The highest BCUT2D eigenvalue weighted by atomic mass is 16.5. The van der Waals surface area contributed by atoms with Gasteiger partial charge in [0, 0.05) is 24.8 Å². The highest BCUT2D eigenvalue weighted by molar-refractivity contribution is 5.58. The van der Waals surface area contributed by atoms with Gasteiger partial charge in [-0.3, -0.25) is 0 Å². The highest BCUT2D eigenvalue weighted by Gasteiger charge is 2.23. The van der Waals surface area contributed by atoms with Crippen molar-refractivity contribution in [2.45, 2.75) is 13.0 Å². The van der Waals surface area contributed by atoms with E-state index in [0.29, 0.717) is 18.3 Å². The van der Waals surface area contributed by atoms with Gasteiger partial charge in [-0.05, 0) is 24.6 Å². The molecule has 4 rings (SSSR count). The number of ether oxygens (including phenoxy) is 1. The molecule has 6 nitrogen and oxygen atoms in total. The molecule has 1 aliphatic heterocycles. The average molecular weight is 322 g/mol. The van der Waals surface area contributed by atoms with Crippen LogP contribution in [0.2, 0.25) is 0 Å². The van der Waals surface area contributed by atoms with Crippen LogP contribution in [0.3, 0.4) is 0 Å². The first-order chi connectivity index (χ1) is 11.8. The number of hydrogen-bond donors (Lipinski definition) is 0. The van der Waals surface area contributed by atoms with Gasteiger partial charge in [0.15, 0.2) is 5.82 Å². The minimum absolute atomic E-state index is 0.0519. The van der Waals surface area contributed by atoms with Crippen molar-refractivity contribution in [1.29, 1.82) is 0 Å². The number of benzene rings is 1. The summed E-state index contributed by atoms with van der Waals surface area (Å²) in [6, 6.07) is 14.1. The molecular formula is C18H18N4O2. The molecule has 24 heavy (non-hydrogen) atoms. The van der Waals surface area contributed by atoms with Crippen LogP contribution < -0.4 is 4.90 Å². The molecule has 1 aromatic carbocycles. The summed E-state index contributed by atoms with van der Waals surface area (Å²) in [5.41, 5.74) is 2.06. The Morgan fingerprint density at radius 1 is 1.17 bits per heavy atom. The number of rotatable bonds is 3. The molecular weight excluding hydrogens is 304 g/mol. The topological polar surface area (TPSA) is 64.3 Å². The van der Waals surface area contributed by atoms with Gasteiger partial charge in [0.1, 0.15) is 11.9 Å². The first-order valence-electron chi connectivity index (χ1n) is 7.98. The third-order valence-electron chi connectivity index (χ3n) is 4.08. The number of aryl methyl sites for hydroxylation is 1. The van der Waals surface area contributed by atoms with Gasteiger partial charge in [-0.15, -0.1) is 0 Å². The molecule has 1 saturated heterocycles. The summed E-state index contributed by atoms with van der Waals surface area (Å²) >= 11 is 0. The molecule has 2 aromatic heterocycles. The van der Waals surface area contributed by atoms with Gasteiger partial charge in [0.2, 0.25) is 0 Å². The lowest BCUT2D eigenvalue weighted by molar-refractivity contribution is 0.0395. The van der Waals surface area contributed by atoms with Crippen molar-refractivity contribution in [1.82, 2.24) is 15.1 Å². The molecule has 6 heteroatoms.